The van der Waals surface area contributed by atoms with Crippen LogP contribution in [-0.2, 0) is 23.0 Å². The molecule has 4 bridgehead atoms. The summed E-state index contributed by atoms with van der Waals surface area (Å²) in [6, 6.07) is 8.89. The van der Waals surface area contributed by atoms with Crippen LogP contribution in [0.5, 0.6) is 0 Å². The number of para-hydroxylation sites is 1. The van der Waals surface area contributed by atoms with Crippen LogP contribution in [0.3, 0.4) is 0 Å². The van der Waals surface area contributed by atoms with Gasteiger partial charge in [-0.2, -0.15) is 0 Å². The minimum Gasteiger partial charge on any atom is -0.468 e. The summed E-state index contributed by atoms with van der Waals surface area (Å²) in [5.41, 5.74) is 3.21. The van der Waals surface area contributed by atoms with Gasteiger partial charge in [-0.1, -0.05) is 31.5 Å². The molecule has 5 heterocycles. The zero-order valence-corrected chi connectivity index (χ0v) is 16.3. The number of piperidine rings is 3. The van der Waals surface area contributed by atoms with Crippen LogP contribution < -0.4 is 0 Å². The number of hydrogen-bond acceptors (Lipinski definition) is 4. The molecular formula is C22H28N2O3. The SMILES string of the molecule is CCC1CN2[C@H]3Cc4c(n(C)c5ccccc45)[C@@H]2C[C@@H]1[C@]3(CO)C(=O)OC. The highest BCUT2D eigenvalue weighted by molar-refractivity contribution is 5.87. The van der Waals surface area contributed by atoms with E-state index in [4.69, 9.17) is 4.74 Å². The molecule has 3 fully saturated rings. The number of aryl methyl sites for hydroxylation is 1. The highest BCUT2D eigenvalue weighted by Crippen LogP contribution is 2.60. The summed E-state index contributed by atoms with van der Waals surface area (Å²) in [7, 11) is 3.63. The minimum absolute atomic E-state index is 0.0137. The van der Waals surface area contributed by atoms with Crippen molar-refractivity contribution in [2.75, 3.05) is 20.3 Å². The van der Waals surface area contributed by atoms with Crippen LogP contribution in [0.1, 0.15) is 37.1 Å². The molecule has 0 radical (unpaired) electrons. The standard InChI is InChI=1S/C22H28N2O3/c1-4-13-11-24-18-10-16(13)22(12-25,21(26)27-3)19(24)9-15-14-7-5-6-8-17(14)23(2)20(15)18/h5-8,13,16,18-19,25H,4,9-12H2,1-3H3/t13?,16-,18-,19-,22-/m0/s1. The molecular weight excluding hydrogens is 340 g/mol. The predicted molar refractivity (Wildman–Crippen MR) is 103 cm³/mol. The molecule has 5 nitrogen and oxygen atoms in total. The molecule has 1 aromatic heterocycles. The zero-order valence-electron chi connectivity index (χ0n) is 16.3. The van der Waals surface area contributed by atoms with Crippen molar-refractivity contribution < 1.29 is 14.6 Å². The summed E-state index contributed by atoms with van der Waals surface area (Å²) >= 11 is 0. The summed E-state index contributed by atoms with van der Waals surface area (Å²) in [6.45, 7) is 3.08. The molecule has 0 saturated carbocycles. The largest absolute Gasteiger partial charge is 0.468 e. The molecule has 27 heavy (non-hydrogen) atoms. The molecule has 2 unspecified atom stereocenters. The van der Waals surface area contributed by atoms with Crippen molar-refractivity contribution in [1.82, 2.24) is 9.47 Å². The van der Waals surface area contributed by atoms with Crippen molar-refractivity contribution in [3.05, 3.63) is 35.5 Å². The van der Waals surface area contributed by atoms with Gasteiger partial charge in [-0.25, -0.2) is 0 Å². The maximum absolute atomic E-state index is 13.0. The number of carbonyl (C=O) groups excluding carboxylic acids is 1. The molecule has 1 aromatic carbocycles. The number of aliphatic hydroxyl groups is 1. The van der Waals surface area contributed by atoms with E-state index in [2.05, 4.69) is 47.7 Å². The monoisotopic (exact) mass is 368 g/mol. The van der Waals surface area contributed by atoms with E-state index >= 15 is 0 Å². The number of ether oxygens (including phenoxy) is 1. The maximum atomic E-state index is 13.0. The fourth-order valence-electron chi connectivity index (χ4n) is 6.68. The molecule has 6 rings (SSSR count). The fourth-order valence-corrected chi connectivity index (χ4v) is 6.68. The predicted octanol–water partition coefficient (Wildman–Crippen LogP) is 2.66. The zero-order chi connectivity index (χ0) is 18.9. The van der Waals surface area contributed by atoms with E-state index in [1.807, 2.05) is 0 Å². The van der Waals surface area contributed by atoms with Crippen LogP contribution in [0, 0.1) is 17.3 Å². The van der Waals surface area contributed by atoms with Gasteiger partial charge in [-0.3, -0.25) is 9.69 Å². The van der Waals surface area contributed by atoms with Gasteiger partial charge in [0.05, 0.1) is 19.8 Å². The van der Waals surface area contributed by atoms with Gasteiger partial charge in [0, 0.05) is 36.2 Å². The first-order chi connectivity index (χ1) is 13.1. The Morgan fingerprint density at radius 3 is 2.85 bits per heavy atom. The van der Waals surface area contributed by atoms with Crippen molar-refractivity contribution in [2.45, 2.75) is 38.3 Å². The molecule has 6 atom stereocenters. The second kappa shape index (κ2) is 5.82. The normalized spacial score (nSPS) is 36.7. The molecule has 0 aliphatic carbocycles. The molecule has 144 valence electrons. The Kier molecular flexibility index (Phi) is 3.72. The van der Waals surface area contributed by atoms with Crippen LogP contribution in [0.25, 0.3) is 10.9 Å². The first-order valence-electron chi connectivity index (χ1n) is 10.1. The topological polar surface area (TPSA) is 54.7 Å². The first-order valence-corrected chi connectivity index (χ1v) is 10.1. The third-order valence-corrected chi connectivity index (χ3v) is 7.87. The number of nitrogens with zero attached hydrogens (tertiary/aromatic N) is 2. The highest BCUT2D eigenvalue weighted by Gasteiger charge is 2.66. The number of fused-ring (bicyclic) bond motifs is 4. The number of methoxy groups -OCH3 is 1. The van der Waals surface area contributed by atoms with E-state index in [9.17, 15) is 9.90 Å². The number of rotatable bonds is 3. The van der Waals surface area contributed by atoms with Gasteiger partial charge in [0.15, 0.2) is 0 Å². The number of carbonyl (C=O) groups is 1. The van der Waals surface area contributed by atoms with E-state index in [1.165, 1.54) is 29.3 Å². The average molecular weight is 368 g/mol. The highest BCUT2D eigenvalue weighted by atomic mass is 16.5. The van der Waals surface area contributed by atoms with Crippen LogP contribution in [0.15, 0.2) is 24.3 Å². The Balaban J connectivity index is 1.74. The van der Waals surface area contributed by atoms with Crippen LogP contribution in [0.2, 0.25) is 0 Å². The van der Waals surface area contributed by atoms with Gasteiger partial charge < -0.3 is 14.4 Å². The summed E-state index contributed by atoms with van der Waals surface area (Å²) in [5, 5.41) is 11.8. The molecule has 0 amide bonds. The molecule has 2 aromatic rings. The summed E-state index contributed by atoms with van der Waals surface area (Å²) in [5.74, 6) is 0.372. The Morgan fingerprint density at radius 2 is 2.15 bits per heavy atom. The number of benzene rings is 1. The van der Waals surface area contributed by atoms with Gasteiger partial charge >= 0.3 is 5.97 Å². The van der Waals surface area contributed by atoms with E-state index in [1.54, 1.807) is 0 Å². The van der Waals surface area contributed by atoms with Crippen molar-refractivity contribution in [2.24, 2.45) is 24.3 Å². The second-order valence-electron chi connectivity index (χ2n) is 8.57. The second-order valence-corrected chi connectivity index (χ2v) is 8.57. The Hall–Kier alpha value is -1.85. The van der Waals surface area contributed by atoms with Gasteiger partial charge in [0.2, 0.25) is 0 Å². The van der Waals surface area contributed by atoms with Crippen molar-refractivity contribution in [3.8, 4) is 0 Å². The van der Waals surface area contributed by atoms with E-state index in [-0.39, 0.29) is 24.5 Å². The van der Waals surface area contributed by atoms with Gasteiger partial charge in [0.25, 0.3) is 0 Å². The molecule has 3 saturated heterocycles. The molecule has 1 N–H and O–H groups in total. The van der Waals surface area contributed by atoms with Gasteiger partial charge in [-0.05, 0) is 36.3 Å². The number of hydrogen-bond donors (Lipinski definition) is 1. The lowest BCUT2D eigenvalue weighted by atomic mass is 9.53. The van der Waals surface area contributed by atoms with Crippen LogP contribution in [-0.4, -0.2) is 46.8 Å². The Bertz CT molecular complexity index is 920. The third-order valence-electron chi connectivity index (χ3n) is 7.87. The van der Waals surface area contributed by atoms with Gasteiger partial charge in [0.1, 0.15) is 5.41 Å². The fraction of sp³-hybridized carbons (Fsp3) is 0.591. The van der Waals surface area contributed by atoms with Crippen molar-refractivity contribution in [1.29, 1.82) is 0 Å². The summed E-state index contributed by atoms with van der Waals surface area (Å²) in [4.78, 5) is 15.6. The van der Waals surface area contributed by atoms with E-state index in [0.717, 1.165) is 25.8 Å². The van der Waals surface area contributed by atoms with Crippen molar-refractivity contribution >= 4 is 16.9 Å². The van der Waals surface area contributed by atoms with Crippen LogP contribution >= 0.6 is 0 Å². The third kappa shape index (κ3) is 1.94. The molecule has 0 spiro atoms. The first kappa shape index (κ1) is 17.3. The molecule has 5 heteroatoms. The van der Waals surface area contributed by atoms with E-state index < -0.39 is 5.41 Å². The number of esters is 1. The van der Waals surface area contributed by atoms with E-state index in [0.29, 0.717) is 12.0 Å². The lowest BCUT2D eigenvalue weighted by Crippen LogP contribution is -2.71. The Labute approximate surface area is 159 Å². The smallest absolute Gasteiger partial charge is 0.316 e. The number of aromatic nitrogens is 1. The lowest BCUT2D eigenvalue weighted by molar-refractivity contribution is -0.204. The quantitative estimate of drug-likeness (QED) is 0.847. The average Bonchev–Trinajstić information content (AvgIpc) is 3.00. The number of aliphatic hydroxyl groups excluding tert-OH is 1. The molecule has 4 aliphatic heterocycles. The summed E-state index contributed by atoms with van der Waals surface area (Å²) in [6.07, 6.45) is 2.75. The summed E-state index contributed by atoms with van der Waals surface area (Å²) < 4.78 is 7.62. The maximum Gasteiger partial charge on any atom is 0.316 e. The van der Waals surface area contributed by atoms with Crippen molar-refractivity contribution in [3.63, 3.8) is 0 Å². The molecule has 4 aliphatic rings. The lowest BCUT2D eigenvalue weighted by Gasteiger charge is -2.64. The van der Waals surface area contributed by atoms with Gasteiger partial charge in [-0.15, -0.1) is 0 Å². The Morgan fingerprint density at radius 1 is 1.37 bits per heavy atom. The van der Waals surface area contributed by atoms with Crippen LogP contribution in [0.4, 0.5) is 0 Å². The minimum atomic E-state index is -0.807.